The molecule has 0 aliphatic carbocycles. The zero-order valence-electron chi connectivity index (χ0n) is 19.9. The molecule has 1 aliphatic heterocycles. The quantitative estimate of drug-likeness (QED) is 0.700. The van der Waals surface area contributed by atoms with E-state index in [-0.39, 0.29) is 29.8 Å². The van der Waals surface area contributed by atoms with Crippen LogP contribution in [0.25, 0.3) is 0 Å². The fraction of sp³-hybridized carbons (Fsp3) is 0.600. The van der Waals surface area contributed by atoms with Crippen LogP contribution in [0.15, 0.2) is 35.9 Å². The molecule has 166 valence electrons. The molecular formula is C25H39N3O2. The molecule has 5 heteroatoms. The van der Waals surface area contributed by atoms with E-state index in [1.165, 1.54) is 16.7 Å². The highest BCUT2D eigenvalue weighted by atomic mass is 16.2. The van der Waals surface area contributed by atoms with Crippen LogP contribution in [-0.2, 0) is 22.6 Å². The fourth-order valence-corrected chi connectivity index (χ4v) is 3.97. The van der Waals surface area contributed by atoms with Crippen molar-refractivity contribution in [3.05, 3.63) is 47.0 Å². The minimum Gasteiger partial charge on any atom is -0.342 e. The van der Waals surface area contributed by atoms with Crippen LogP contribution >= 0.6 is 0 Å². The van der Waals surface area contributed by atoms with Gasteiger partial charge in [0.1, 0.15) is 6.04 Å². The Morgan fingerprint density at radius 1 is 1.17 bits per heavy atom. The lowest BCUT2D eigenvalue weighted by Gasteiger charge is -2.38. The molecule has 3 atom stereocenters. The minimum absolute atomic E-state index is 0.0102. The van der Waals surface area contributed by atoms with E-state index in [1.807, 2.05) is 53.8 Å². The van der Waals surface area contributed by atoms with Crippen molar-refractivity contribution >= 4 is 11.8 Å². The van der Waals surface area contributed by atoms with Crippen LogP contribution < -0.4 is 10.6 Å². The normalized spacial score (nSPS) is 18.2. The molecule has 0 spiro atoms. The Hall–Kier alpha value is -2.14. The predicted octanol–water partition coefficient (Wildman–Crippen LogP) is 3.68. The highest BCUT2D eigenvalue weighted by molar-refractivity contribution is 5.90. The van der Waals surface area contributed by atoms with Crippen LogP contribution in [0.3, 0.4) is 0 Å². The van der Waals surface area contributed by atoms with Gasteiger partial charge >= 0.3 is 0 Å². The zero-order chi connectivity index (χ0) is 22.6. The van der Waals surface area contributed by atoms with Gasteiger partial charge in [-0.25, -0.2) is 0 Å². The summed E-state index contributed by atoms with van der Waals surface area (Å²) >= 11 is 0. The number of carbonyl (C=O) groups excluding carboxylic acids is 2. The van der Waals surface area contributed by atoms with Crippen molar-refractivity contribution in [2.45, 2.75) is 79.6 Å². The van der Waals surface area contributed by atoms with Gasteiger partial charge in [-0.3, -0.25) is 9.59 Å². The highest BCUT2D eigenvalue weighted by Crippen LogP contribution is 2.24. The Labute approximate surface area is 182 Å². The maximum absolute atomic E-state index is 13.5. The van der Waals surface area contributed by atoms with Crippen molar-refractivity contribution in [1.82, 2.24) is 15.5 Å². The number of allylic oxidation sites excluding steroid dienone is 1. The number of carbonyl (C=O) groups is 2. The van der Waals surface area contributed by atoms with Crippen LogP contribution in [0.5, 0.6) is 0 Å². The number of nitrogens with one attached hydrogen (secondary N) is 2. The van der Waals surface area contributed by atoms with Gasteiger partial charge in [-0.05, 0) is 42.7 Å². The molecule has 5 nitrogen and oxygen atoms in total. The summed E-state index contributed by atoms with van der Waals surface area (Å²) in [5.74, 6) is 0.111. The van der Waals surface area contributed by atoms with Crippen molar-refractivity contribution in [2.24, 2.45) is 11.3 Å². The highest BCUT2D eigenvalue weighted by Gasteiger charge is 2.38. The second kappa shape index (κ2) is 9.78. The molecule has 2 rings (SSSR count). The SMILES string of the molecule is CC(C)=C[C@H](C(C)C)N(C)C(=O)[C@@H](NC(=O)C1Cc2ccccc2CN1)C(C)(C)C. The van der Waals surface area contributed by atoms with E-state index in [9.17, 15) is 9.59 Å². The van der Waals surface area contributed by atoms with E-state index in [1.54, 1.807) is 4.90 Å². The van der Waals surface area contributed by atoms with E-state index in [0.29, 0.717) is 13.0 Å². The number of hydrogen-bond acceptors (Lipinski definition) is 3. The van der Waals surface area contributed by atoms with E-state index in [2.05, 4.69) is 42.7 Å². The monoisotopic (exact) mass is 413 g/mol. The van der Waals surface area contributed by atoms with Gasteiger partial charge in [0.05, 0.1) is 12.1 Å². The molecule has 1 aromatic carbocycles. The molecule has 0 saturated carbocycles. The average Bonchev–Trinajstić information content (AvgIpc) is 2.67. The Morgan fingerprint density at radius 2 is 1.77 bits per heavy atom. The first-order chi connectivity index (χ1) is 13.9. The first-order valence-corrected chi connectivity index (χ1v) is 10.9. The summed E-state index contributed by atoms with van der Waals surface area (Å²) in [6.07, 6.45) is 2.76. The topological polar surface area (TPSA) is 61.4 Å². The maximum Gasteiger partial charge on any atom is 0.245 e. The Kier molecular flexibility index (Phi) is 7.87. The van der Waals surface area contributed by atoms with Crippen LogP contribution in [0.2, 0.25) is 0 Å². The molecule has 1 aliphatic rings. The zero-order valence-corrected chi connectivity index (χ0v) is 19.9. The molecule has 0 saturated heterocycles. The summed E-state index contributed by atoms with van der Waals surface area (Å²) in [7, 11) is 1.84. The van der Waals surface area contributed by atoms with Crippen LogP contribution in [0.4, 0.5) is 0 Å². The van der Waals surface area contributed by atoms with Crippen molar-refractivity contribution in [1.29, 1.82) is 0 Å². The molecule has 1 aromatic rings. The van der Waals surface area contributed by atoms with Crippen molar-refractivity contribution in [3.8, 4) is 0 Å². The minimum atomic E-state index is -0.596. The maximum atomic E-state index is 13.5. The first kappa shape index (κ1) is 24.1. The Morgan fingerprint density at radius 3 is 2.30 bits per heavy atom. The predicted molar refractivity (Wildman–Crippen MR) is 123 cm³/mol. The average molecular weight is 414 g/mol. The Bertz CT molecular complexity index is 788. The van der Waals surface area contributed by atoms with Crippen molar-refractivity contribution in [3.63, 3.8) is 0 Å². The summed E-state index contributed by atoms with van der Waals surface area (Å²) in [6, 6.07) is 7.24. The summed E-state index contributed by atoms with van der Waals surface area (Å²) < 4.78 is 0. The van der Waals surface area contributed by atoms with Gasteiger partial charge in [0.25, 0.3) is 0 Å². The van der Waals surface area contributed by atoms with Gasteiger partial charge in [0.2, 0.25) is 11.8 Å². The summed E-state index contributed by atoms with van der Waals surface area (Å²) in [4.78, 5) is 28.4. The largest absolute Gasteiger partial charge is 0.342 e. The van der Waals surface area contributed by atoms with Gasteiger partial charge in [-0.1, -0.05) is 70.5 Å². The van der Waals surface area contributed by atoms with Crippen molar-refractivity contribution < 1.29 is 9.59 Å². The lowest BCUT2D eigenvalue weighted by molar-refractivity contribution is -0.140. The second-order valence-corrected chi connectivity index (χ2v) is 10.1. The lowest BCUT2D eigenvalue weighted by atomic mass is 9.84. The number of benzene rings is 1. The summed E-state index contributed by atoms with van der Waals surface area (Å²) in [5.41, 5.74) is 3.19. The van der Waals surface area contributed by atoms with Crippen LogP contribution in [-0.4, -0.2) is 41.9 Å². The number of amides is 2. The van der Waals surface area contributed by atoms with Gasteiger partial charge in [-0.2, -0.15) is 0 Å². The first-order valence-electron chi connectivity index (χ1n) is 10.9. The second-order valence-electron chi connectivity index (χ2n) is 10.1. The van der Waals surface area contributed by atoms with Gasteiger partial charge in [0, 0.05) is 13.6 Å². The van der Waals surface area contributed by atoms with Gasteiger partial charge < -0.3 is 15.5 Å². The molecule has 1 heterocycles. The molecule has 2 amide bonds. The molecule has 0 fully saturated rings. The fourth-order valence-electron chi connectivity index (χ4n) is 3.97. The third-order valence-corrected chi connectivity index (χ3v) is 5.78. The number of rotatable bonds is 6. The van der Waals surface area contributed by atoms with Crippen LogP contribution in [0, 0.1) is 11.3 Å². The van der Waals surface area contributed by atoms with Gasteiger partial charge in [0.15, 0.2) is 0 Å². The number of nitrogens with zero attached hydrogens (tertiary/aromatic N) is 1. The molecular weight excluding hydrogens is 374 g/mol. The number of fused-ring (bicyclic) bond motifs is 1. The molecule has 2 N–H and O–H groups in total. The molecule has 30 heavy (non-hydrogen) atoms. The number of hydrogen-bond donors (Lipinski definition) is 2. The van der Waals surface area contributed by atoms with E-state index >= 15 is 0 Å². The van der Waals surface area contributed by atoms with E-state index < -0.39 is 11.5 Å². The van der Waals surface area contributed by atoms with E-state index in [0.717, 1.165) is 0 Å². The summed E-state index contributed by atoms with van der Waals surface area (Å²) in [6.45, 7) is 15.0. The smallest absolute Gasteiger partial charge is 0.245 e. The van der Waals surface area contributed by atoms with Crippen LogP contribution in [0.1, 0.15) is 59.6 Å². The third-order valence-electron chi connectivity index (χ3n) is 5.78. The standard InChI is InChI=1S/C25H39N3O2/c1-16(2)13-21(17(3)4)28(8)24(30)22(25(5,6)7)27-23(29)20-14-18-11-9-10-12-19(18)15-26-20/h9-13,17,20-22,26H,14-15H2,1-8H3,(H,27,29)/t20?,21-,22-/m1/s1. The summed E-state index contributed by atoms with van der Waals surface area (Å²) in [5, 5.41) is 6.39. The lowest BCUT2D eigenvalue weighted by Crippen LogP contribution is -2.59. The van der Waals surface area contributed by atoms with Gasteiger partial charge in [-0.15, -0.1) is 0 Å². The molecule has 0 radical (unpaired) electrons. The van der Waals surface area contributed by atoms with Crippen molar-refractivity contribution in [2.75, 3.05) is 7.05 Å². The third kappa shape index (κ3) is 5.94. The molecule has 0 bridgehead atoms. The molecule has 1 unspecified atom stereocenters. The Balaban J connectivity index is 2.19. The van der Waals surface area contributed by atoms with E-state index in [4.69, 9.17) is 0 Å². The number of likely N-dealkylation sites (N-methyl/N-ethyl adjacent to an activating group) is 1. The molecule has 0 aromatic heterocycles.